The van der Waals surface area contributed by atoms with Crippen LogP contribution < -0.4 is 10.9 Å². The van der Waals surface area contributed by atoms with Gasteiger partial charge in [-0.3, -0.25) is 19.6 Å². The fourth-order valence-corrected chi connectivity index (χ4v) is 7.04. The summed E-state index contributed by atoms with van der Waals surface area (Å²) in [5, 5.41) is 3.47. The Kier molecular flexibility index (Phi) is 5.42. The molecule has 2 atom stereocenters. The Hall–Kier alpha value is -3.89. The van der Waals surface area contributed by atoms with Crippen molar-refractivity contribution in [1.29, 1.82) is 0 Å². The van der Waals surface area contributed by atoms with Gasteiger partial charge in [-0.2, -0.15) is 4.31 Å². The third kappa shape index (κ3) is 3.78. The SMILES string of the molecule is O=C(Nc1ccc2n(c1=O)C[C@H]1C[C@@H]2CN(S(=O)(=O)c2cccc3cccnc23)C1)c1ccncc1. The number of para-hydroxylation sites is 1. The predicted octanol–water partition coefficient (Wildman–Crippen LogP) is 2.85. The third-order valence-electron chi connectivity index (χ3n) is 6.97. The number of pyridine rings is 3. The van der Waals surface area contributed by atoms with Gasteiger partial charge in [0.15, 0.2) is 0 Å². The molecular formula is C26H23N5O4S. The van der Waals surface area contributed by atoms with Crippen LogP contribution in [0.2, 0.25) is 0 Å². The van der Waals surface area contributed by atoms with Crippen molar-refractivity contribution >= 4 is 32.5 Å². The smallest absolute Gasteiger partial charge is 0.274 e. The normalized spacial score (nSPS) is 19.6. The van der Waals surface area contributed by atoms with Crippen molar-refractivity contribution in [3.63, 3.8) is 0 Å². The Morgan fingerprint density at radius 1 is 0.944 bits per heavy atom. The number of amides is 1. The fraction of sp³-hybridized carbons (Fsp3) is 0.231. The average molecular weight is 502 g/mol. The topological polar surface area (TPSA) is 114 Å². The number of sulfonamides is 1. The summed E-state index contributed by atoms with van der Waals surface area (Å²) < 4.78 is 30.6. The van der Waals surface area contributed by atoms with Crippen molar-refractivity contribution in [2.75, 3.05) is 18.4 Å². The number of carbonyl (C=O) groups is 1. The van der Waals surface area contributed by atoms with Gasteiger partial charge in [0.2, 0.25) is 10.0 Å². The van der Waals surface area contributed by atoms with Gasteiger partial charge in [0.05, 0.1) is 5.52 Å². The van der Waals surface area contributed by atoms with Gasteiger partial charge in [0.25, 0.3) is 11.5 Å². The van der Waals surface area contributed by atoms with Gasteiger partial charge in [-0.05, 0) is 48.7 Å². The molecule has 0 aliphatic carbocycles. The Bertz CT molecular complexity index is 1650. The van der Waals surface area contributed by atoms with E-state index in [1.165, 1.54) is 16.7 Å². The standard InChI is InChI=1S/C26H23N5O4S/c32-25(19-8-11-27-12-9-19)29-21-6-7-22-20-13-17(15-31(22)26(21)33)14-30(16-20)36(34,35)23-5-1-3-18-4-2-10-28-24(18)23/h1-12,17,20H,13-16H2,(H,29,32)/t17-,20+/m0/s1. The maximum atomic E-state index is 13.7. The van der Waals surface area contributed by atoms with E-state index in [0.717, 1.165) is 17.5 Å². The maximum absolute atomic E-state index is 13.7. The number of anilines is 1. The summed E-state index contributed by atoms with van der Waals surface area (Å²) in [5.41, 5.74) is 1.58. The van der Waals surface area contributed by atoms with E-state index in [-0.39, 0.29) is 40.4 Å². The van der Waals surface area contributed by atoms with Gasteiger partial charge < -0.3 is 9.88 Å². The summed E-state index contributed by atoms with van der Waals surface area (Å²) in [6.07, 6.45) is 5.44. The lowest BCUT2D eigenvalue weighted by atomic mass is 9.84. The summed E-state index contributed by atoms with van der Waals surface area (Å²) in [5.74, 6) is -0.516. The highest BCUT2D eigenvalue weighted by atomic mass is 32.2. The molecule has 0 spiro atoms. The van der Waals surface area contributed by atoms with Gasteiger partial charge >= 0.3 is 0 Å². The summed E-state index contributed by atoms with van der Waals surface area (Å²) >= 11 is 0. The molecule has 1 fully saturated rings. The Labute approximate surface area is 207 Å². The molecule has 0 radical (unpaired) electrons. The second kappa shape index (κ2) is 8.65. The highest BCUT2D eigenvalue weighted by Gasteiger charge is 2.40. The van der Waals surface area contributed by atoms with Crippen molar-refractivity contribution in [1.82, 2.24) is 18.8 Å². The van der Waals surface area contributed by atoms with E-state index < -0.39 is 10.0 Å². The molecule has 36 heavy (non-hydrogen) atoms. The number of piperidine rings is 1. The van der Waals surface area contributed by atoms with Gasteiger partial charge in [-0.25, -0.2) is 8.42 Å². The summed E-state index contributed by atoms with van der Waals surface area (Å²) in [6, 6.07) is 15.4. The molecule has 2 aliphatic rings. The van der Waals surface area contributed by atoms with E-state index in [9.17, 15) is 18.0 Å². The van der Waals surface area contributed by atoms with E-state index in [2.05, 4.69) is 15.3 Å². The van der Waals surface area contributed by atoms with E-state index >= 15 is 0 Å². The van der Waals surface area contributed by atoms with Crippen LogP contribution >= 0.6 is 0 Å². The zero-order valence-corrected chi connectivity index (χ0v) is 20.1. The molecule has 1 N–H and O–H groups in total. The minimum atomic E-state index is -3.78. The van der Waals surface area contributed by atoms with Gasteiger partial charge in [-0.1, -0.05) is 18.2 Å². The predicted molar refractivity (Wildman–Crippen MR) is 134 cm³/mol. The van der Waals surface area contributed by atoms with Crippen molar-refractivity contribution < 1.29 is 13.2 Å². The fourth-order valence-electron chi connectivity index (χ4n) is 5.31. The summed E-state index contributed by atoms with van der Waals surface area (Å²) in [6.45, 7) is 0.995. The van der Waals surface area contributed by atoms with Crippen LogP contribution in [0.3, 0.4) is 0 Å². The first-order valence-electron chi connectivity index (χ1n) is 11.7. The lowest BCUT2D eigenvalue weighted by Gasteiger charge is -2.42. The molecule has 3 aromatic heterocycles. The number of hydrogen-bond donors (Lipinski definition) is 1. The molecule has 2 aliphatic heterocycles. The van der Waals surface area contributed by atoms with E-state index in [0.29, 0.717) is 24.2 Å². The average Bonchev–Trinajstić information content (AvgIpc) is 2.90. The largest absolute Gasteiger partial charge is 0.317 e. The lowest BCUT2D eigenvalue weighted by molar-refractivity contribution is 0.102. The molecule has 1 amide bonds. The summed E-state index contributed by atoms with van der Waals surface area (Å²) in [7, 11) is -3.78. The highest BCUT2D eigenvalue weighted by Crippen LogP contribution is 2.38. The van der Waals surface area contributed by atoms with Crippen LogP contribution in [0.1, 0.15) is 28.4 Å². The van der Waals surface area contributed by atoms with Crippen LogP contribution in [0.15, 0.2) is 82.9 Å². The van der Waals surface area contributed by atoms with Gasteiger partial charge in [-0.15, -0.1) is 0 Å². The Balaban J connectivity index is 1.30. The Morgan fingerprint density at radius 2 is 1.75 bits per heavy atom. The number of benzene rings is 1. The van der Waals surface area contributed by atoms with E-state index in [1.54, 1.807) is 47.2 Å². The van der Waals surface area contributed by atoms with Crippen LogP contribution in [0.4, 0.5) is 5.69 Å². The van der Waals surface area contributed by atoms with Crippen LogP contribution in [-0.4, -0.2) is 46.3 Å². The third-order valence-corrected chi connectivity index (χ3v) is 8.84. The second-order valence-electron chi connectivity index (χ2n) is 9.23. The van der Waals surface area contributed by atoms with Crippen LogP contribution in [0.25, 0.3) is 10.9 Å². The molecule has 182 valence electrons. The number of nitrogens with one attached hydrogen (secondary N) is 1. The number of rotatable bonds is 4. The molecule has 6 rings (SSSR count). The molecule has 0 saturated carbocycles. The zero-order chi connectivity index (χ0) is 24.9. The first kappa shape index (κ1) is 22.6. The zero-order valence-electron chi connectivity index (χ0n) is 19.2. The number of fused-ring (bicyclic) bond motifs is 5. The minimum Gasteiger partial charge on any atom is -0.317 e. The monoisotopic (exact) mass is 501 g/mol. The first-order chi connectivity index (χ1) is 17.4. The number of hydrogen-bond acceptors (Lipinski definition) is 6. The van der Waals surface area contributed by atoms with Crippen molar-refractivity contribution in [2.24, 2.45) is 5.92 Å². The minimum absolute atomic E-state index is 0.0159. The lowest BCUT2D eigenvalue weighted by Crippen LogP contribution is -2.49. The van der Waals surface area contributed by atoms with Crippen LogP contribution in [0.5, 0.6) is 0 Å². The molecule has 1 saturated heterocycles. The van der Waals surface area contributed by atoms with Gasteiger partial charge in [0.1, 0.15) is 10.6 Å². The number of aromatic nitrogens is 3. The molecule has 9 nitrogen and oxygen atoms in total. The first-order valence-corrected chi connectivity index (χ1v) is 13.1. The number of carbonyl (C=O) groups excluding carboxylic acids is 1. The Morgan fingerprint density at radius 3 is 2.58 bits per heavy atom. The molecule has 10 heteroatoms. The van der Waals surface area contributed by atoms with E-state index in [4.69, 9.17) is 0 Å². The van der Waals surface area contributed by atoms with Crippen LogP contribution in [0, 0.1) is 5.92 Å². The number of nitrogens with zero attached hydrogens (tertiary/aromatic N) is 4. The quantitative estimate of drug-likeness (QED) is 0.460. The van der Waals surface area contributed by atoms with Crippen molar-refractivity contribution in [2.45, 2.75) is 23.8 Å². The maximum Gasteiger partial charge on any atom is 0.274 e. The molecular weight excluding hydrogens is 478 g/mol. The second-order valence-corrected chi connectivity index (χ2v) is 11.1. The van der Waals surface area contributed by atoms with Crippen LogP contribution in [-0.2, 0) is 16.6 Å². The van der Waals surface area contributed by atoms with Gasteiger partial charge in [0, 0.05) is 60.8 Å². The summed E-state index contributed by atoms with van der Waals surface area (Å²) in [4.78, 5) is 34.2. The van der Waals surface area contributed by atoms with Crippen molar-refractivity contribution in [3.05, 3.63) is 94.8 Å². The molecule has 1 aromatic carbocycles. The van der Waals surface area contributed by atoms with E-state index in [1.807, 2.05) is 18.2 Å². The molecule has 0 unspecified atom stereocenters. The molecule has 5 heterocycles. The molecule has 4 aromatic rings. The van der Waals surface area contributed by atoms with Crippen molar-refractivity contribution in [3.8, 4) is 0 Å². The highest BCUT2D eigenvalue weighted by molar-refractivity contribution is 7.89. The molecule has 2 bridgehead atoms.